The van der Waals surface area contributed by atoms with Crippen LogP contribution in [0.1, 0.15) is 5.56 Å². The zero-order valence-electron chi connectivity index (χ0n) is 10.7. The molecule has 0 atom stereocenters. The highest BCUT2D eigenvalue weighted by atomic mass is 79.9. The Morgan fingerprint density at radius 3 is 2.75 bits per heavy atom. The first kappa shape index (κ1) is 13.8. The second-order valence-corrected chi connectivity index (χ2v) is 6.24. The molecule has 0 amide bonds. The van der Waals surface area contributed by atoms with Crippen LogP contribution in [0.2, 0.25) is 0 Å². The fourth-order valence-corrected chi connectivity index (χ4v) is 3.07. The van der Waals surface area contributed by atoms with Gasteiger partial charge in [-0.1, -0.05) is 22.0 Å². The fraction of sp³-hybridized carbons (Fsp3) is 0.200. The van der Waals surface area contributed by atoms with Gasteiger partial charge >= 0.3 is 0 Å². The van der Waals surface area contributed by atoms with Crippen LogP contribution in [0.4, 0.5) is 5.69 Å². The molecular formula is C15H13Br2NO2. The molecule has 0 spiro atoms. The molecule has 0 radical (unpaired) electrons. The van der Waals surface area contributed by atoms with Crippen LogP contribution in [0.5, 0.6) is 11.5 Å². The van der Waals surface area contributed by atoms with Gasteiger partial charge in [0, 0.05) is 16.7 Å². The van der Waals surface area contributed by atoms with Crippen molar-refractivity contribution in [1.29, 1.82) is 0 Å². The molecule has 5 heteroatoms. The number of rotatable bonds is 3. The van der Waals surface area contributed by atoms with Gasteiger partial charge in [0.05, 0.1) is 4.47 Å². The molecule has 2 aromatic carbocycles. The predicted molar refractivity (Wildman–Crippen MR) is 86.6 cm³/mol. The second-order valence-electron chi connectivity index (χ2n) is 4.47. The lowest BCUT2D eigenvalue weighted by molar-refractivity contribution is 0.170. The van der Waals surface area contributed by atoms with E-state index >= 15 is 0 Å². The van der Waals surface area contributed by atoms with Gasteiger partial charge in [0.25, 0.3) is 0 Å². The summed E-state index contributed by atoms with van der Waals surface area (Å²) in [5.41, 5.74) is 2.21. The van der Waals surface area contributed by atoms with Crippen molar-refractivity contribution in [2.24, 2.45) is 0 Å². The standard InChI is InChI=1S/C15H13Br2NO2/c16-11-2-1-3-12(8-11)18-9-10-6-13(17)15-14(7-10)19-4-5-20-15/h1-3,6-8,18H,4-5,9H2. The number of hydrogen-bond acceptors (Lipinski definition) is 3. The monoisotopic (exact) mass is 397 g/mol. The maximum atomic E-state index is 5.63. The Morgan fingerprint density at radius 2 is 1.90 bits per heavy atom. The van der Waals surface area contributed by atoms with E-state index in [4.69, 9.17) is 9.47 Å². The summed E-state index contributed by atoms with van der Waals surface area (Å²) in [5.74, 6) is 1.60. The number of nitrogens with one attached hydrogen (secondary N) is 1. The molecule has 20 heavy (non-hydrogen) atoms. The lowest BCUT2D eigenvalue weighted by atomic mass is 10.2. The molecule has 0 saturated heterocycles. The summed E-state index contributed by atoms with van der Waals surface area (Å²) >= 11 is 7.00. The average Bonchev–Trinajstić information content (AvgIpc) is 2.45. The first-order valence-corrected chi connectivity index (χ1v) is 7.88. The lowest BCUT2D eigenvalue weighted by Gasteiger charge is -2.20. The maximum Gasteiger partial charge on any atom is 0.175 e. The molecule has 1 aliphatic heterocycles. The first-order valence-electron chi connectivity index (χ1n) is 6.30. The third kappa shape index (κ3) is 3.10. The van der Waals surface area contributed by atoms with E-state index in [1.54, 1.807) is 0 Å². The number of halogens is 2. The summed E-state index contributed by atoms with van der Waals surface area (Å²) < 4.78 is 13.2. The van der Waals surface area contributed by atoms with Crippen molar-refractivity contribution in [3.63, 3.8) is 0 Å². The van der Waals surface area contributed by atoms with Gasteiger partial charge in [0.1, 0.15) is 13.2 Å². The summed E-state index contributed by atoms with van der Waals surface area (Å²) in [6.45, 7) is 1.93. The van der Waals surface area contributed by atoms with Gasteiger partial charge < -0.3 is 14.8 Å². The Bertz CT molecular complexity index is 631. The third-order valence-electron chi connectivity index (χ3n) is 2.98. The molecule has 0 unspecified atom stereocenters. The van der Waals surface area contributed by atoms with E-state index in [0.717, 1.165) is 38.2 Å². The molecule has 0 bridgehead atoms. The number of anilines is 1. The summed E-state index contributed by atoms with van der Waals surface area (Å²) in [7, 11) is 0. The number of hydrogen-bond donors (Lipinski definition) is 1. The highest BCUT2D eigenvalue weighted by molar-refractivity contribution is 9.10. The normalized spacial score (nSPS) is 13.1. The second kappa shape index (κ2) is 6.06. The molecule has 3 rings (SSSR count). The van der Waals surface area contributed by atoms with Crippen LogP contribution in [0.25, 0.3) is 0 Å². The van der Waals surface area contributed by atoms with Crippen molar-refractivity contribution >= 4 is 37.5 Å². The molecule has 2 aromatic rings. The summed E-state index contributed by atoms with van der Waals surface area (Å²) in [4.78, 5) is 0. The Hall–Kier alpha value is -1.20. The van der Waals surface area contributed by atoms with Crippen molar-refractivity contribution in [3.8, 4) is 11.5 Å². The van der Waals surface area contributed by atoms with Crippen LogP contribution in [-0.4, -0.2) is 13.2 Å². The highest BCUT2D eigenvalue weighted by Gasteiger charge is 2.16. The van der Waals surface area contributed by atoms with Crippen LogP contribution in [0.3, 0.4) is 0 Å². The largest absolute Gasteiger partial charge is 0.486 e. The van der Waals surface area contributed by atoms with E-state index in [2.05, 4.69) is 43.2 Å². The van der Waals surface area contributed by atoms with Gasteiger partial charge in [-0.25, -0.2) is 0 Å². The van der Waals surface area contributed by atoms with Gasteiger partial charge in [0.15, 0.2) is 11.5 Å². The average molecular weight is 399 g/mol. The van der Waals surface area contributed by atoms with Crippen LogP contribution < -0.4 is 14.8 Å². The van der Waals surface area contributed by atoms with Crippen LogP contribution >= 0.6 is 31.9 Å². The van der Waals surface area contributed by atoms with Crippen LogP contribution in [0, 0.1) is 0 Å². The minimum absolute atomic E-state index is 0.598. The van der Waals surface area contributed by atoms with E-state index in [9.17, 15) is 0 Å². The molecule has 0 aliphatic carbocycles. The molecule has 0 saturated carbocycles. The van der Waals surface area contributed by atoms with Crippen molar-refractivity contribution < 1.29 is 9.47 Å². The van der Waals surface area contributed by atoms with E-state index in [1.165, 1.54) is 0 Å². The third-order valence-corrected chi connectivity index (χ3v) is 4.06. The fourth-order valence-electron chi connectivity index (χ4n) is 2.07. The summed E-state index contributed by atoms with van der Waals surface area (Å²) in [6, 6.07) is 12.2. The van der Waals surface area contributed by atoms with E-state index in [1.807, 2.05) is 30.3 Å². The quantitative estimate of drug-likeness (QED) is 0.819. The minimum atomic E-state index is 0.598. The summed E-state index contributed by atoms with van der Waals surface area (Å²) in [5, 5.41) is 3.39. The zero-order chi connectivity index (χ0) is 13.9. The van der Waals surface area contributed by atoms with E-state index in [-0.39, 0.29) is 0 Å². The Morgan fingerprint density at radius 1 is 1.05 bits per heavy atom. The van der Waals surface area contributed by atoms with Crippen molar-refractivity contribution in [3.05, 3.63) is 50.9 Å². The van der Waals surface area contributed by atoms with Crippen LogP contribution in [-0.2, 0) is 6.54 Å². The van der Waals surface area contributed by atoms with Gasteiger partial charge in [0.2, 0.25) is 0 Å². The SMILES string of the molecule is Brc1cccc(NCc2cc(Br)c3c(c2)OCCO3)c1. The smallest absolute Gasteiger partial charge is 0.175 e. The van der Waals surface area contributed by atoms with Gasteiger partial charge in [-0.15, -0.1) is 0 Å². The van der Waals surface area contributed by atoms with E-state index < -0.39 is 0 Å². The molecule has 1 aliphatic rings. The maximum absolute atomic E-state index is 5.63. The number of fused-ring (bicyclic) bond motifs is 1. The molecule has 3 nitrogen and oxygen atoms in total. The van der Waals surface area contributed by atoms with Gasteiger partial charge in [-0.3, -0.25) is 0 Å². The zero-order valence-corrected chi connectivity index (χ0v) is 13.8. The molecule has 0 aromatic heterocycles. The van der Waals surface area contributed by atoms with Crippen molar-refractivity contribution in [2.75, 3.05) is 18.5 Å². The highest BCUT2D eigenvalue weighted by Crippen LogP contribution is 2.38. The minimum Gasteiger partial charge on any atom is -0.486 e. The predicted octanol–water partition coefficient (Wildman–Crippen LogP) is 4.59. The number of benzene rings is 2. The first-order chi connectivity index (χ1) is 9.72. The number of ether oxygens (including phenoxy) is 2. The molecule has 0 fully saturated rings. The molecule has 1 N–H and O–H groups in total. The Labute approximate surface area is 134 Å². The van der Waals surface area contributed by atoms with Crippen molar-refractivity contribution in [1.82, 2.24) is 0 Å². The molecule has 1 heterocycles. The lowest BCUT2D eigenvalue weighted by Crippen LogP contribution is -2.16. The van der Waals surface area contributed by atoms with Gasteiger partial charge in [-0.2, -0.15) is 0 Å². The molecule has 104 valence electrons. The summed E-state index contributed by atoms with van der Waals surface area (Å²) in [6.07, 6.45) is 0. The van der Waals surface area contributed by atoms with Gasteiger partial charge in [-0.05, 0) is 51.8 Å². The van der Waals surface area contributed by atoms with Crippen LogP contribution in [0.15, 0.2) is 45.3 Å². The molecular weight excluding hydrogens is 386 g/mol. The van der Waals surface area contributed by atoms with Crippen molar-refractivity contribution in [2.45, 2.75) is 6.54 Å². The Balaban J connectivity index is 1.76. The van der Waals surface area contributed by atoms with E-state index in [0.29, 0.717) is 13.2 Å². The topological polar surface area (TPSA) is 30.5 Å². The Kier molecular flexibility index (Phi) is 4.17.